The molecule has 0 aromatic heterocycles. The van der Waals surface area contributed by atoms with Crippen LogP contribution in [0.1, 0.15) is 6.42 Å². The Hall–Kier alpha value is -2.54. The average Bonchev–Trinajstić information content (AvgIpc) is 2.65. The van der Waals surface area contributed by atoms with Crippen molar-refractivity contribution < 1.29 is 9.53 Å². The van der Waals surface area contributed by atoms with Crippen LogP contribution in [0.25, 0.3) is 0 Å². The number of hydrogen-bond donors (Lipinski definition) is 2. The standard InChI is InChI=1S/C18H18N4O2S/c23-18(24-13-4-2-1-3-5-13)21-11-12-6-7-15-14(10-12)22-16-17(25-15)20-9-8-19-16/h1-9,12,16-17,22H,10-11H2,(H,21,23). The van der Waals surface area contributed by atoms with Gasteiger partial charge in [0, 0.05) is 35.5 Å². The molecular weight excluding hydrogens is 336 g/mol. The number of para-hydroxylation sites is 1. The van der Waals surface area contributed by atoms with E-state index in [0.29, 0.717) is 12.3 Å². The smallest absolute Gasteiger partial charge is 0.410 e. The topological polar surface area (TPSA) is 75.1 Å². The fraction of sp³-hybridized carbons (Fsp3) is 0.278. The number of rotatable bonds is 3. The van der Waals surface area contributed by atoms with E-state index < -0.39 is 6.09 Å². The molecule has 0 saturated carbocycles. The quantitative estimate of drug-likeness (QED) is 0.875. The van der Waals surface area contributed by atoms with Crippen LogP contribution in [0, 0.1) is 5.92 Å². The van der Waals surface area contributed by atoms with Crippen molar-refractivity contribution in [3.05, 3.63) is 53.1 Å². The van der Waals surface area contributed by atoms with E-state index in [4.69, 9.17) is 4.74 Å². The van der Waals surface area contributed by atoms with Crippen LogP contribution in [0.3, 0.4) is 0 Å². The summed E-state index contributed by atoms with van der Waals surface area (Å²) in [5, 5.41) is 6.40. The number of carbonyl (C=O) groups excluding carboxylic acids is 1. The fourth-order valence-corrected chi connectivity index (χ4v) is 4.00. The lowest BCUT2D eigenvalue weighted by atomic mass is 9.97. The summed E-state index contributed by atoms with van der Waals surface area (Å²) < 4.78 is 5.24. The number of hydrogen-bond acceptors (Lipinski definition) is 6. The van der Waals surface area contributed by atoms with Crippen LogP contribution in [0.5, 0.6) is 5.75 Å². The molecule has 4 rings (SSSR count). The average molecular weight is 354 g/mol. The number of fused-ring (bicyclic) bond motifs is 1. The van der Waals surface area contributed by atoms with Gasteiger partial charge in [-0.1, -0.05) is 42.1 Å². The summed E-state index contributed by atoms with van der Waals surface area (Å²) in [6.45, 7) is 0.529. The number of allylic oxidation sites excluding steroid dienone is 2. The molecule has 1 aromatic carbocycles. The van der Waals surface area contributed by atoms with Gasteiger partial charge in [-0.05, 0) is 18.6 Å². The van der Waals surface area contributed by atoms with Gasteiger partial charge in [0.05, 0.1) is 0 Å². The van der Waals surface area contributed by atoms with Crippen molar-refractivity contribution in [1.82, 2.24) is 10.6 Å². The second kappa shape index (κ2) is 7.14. The molecule has 3 atom stereocenters. The number of aliphatic imine (C=N–C) groups is 2. The first-order valence-corrected chi connectivity index (χ1v) is 9.06. The van der Waals surface area contributed by atoms with Crippen molar-refractivity contribution in [2.45, 2.75) is 18.0 Å². The van der Waals surface area contributed by atoms with E-state index in [9.17, 15) is 4.79 Å². The SMILES string of the molecule is O=C(NCC1C=CC2=C(C1)NC1N=CC=NC1S2)Oc1ccccc1. The van der Waals surface area contributed by atoms with Gasteiger partial charge < -0.3 is 15.4 Å². The van der Waals surface area contributed by atoms with E-state index in [1.54, 1.807) is 36.3 Å². The summed E-state index contributed by atoms with van der Waals surface area (Å²) in [6, 6.07) is 9.05. The van der Waals surface area contributed by atoms with Crippen molar-refractivity contribution in [3.8, 4) is 5.75 Å². The third-order valence-corrected chi connectivity index (χ3v) is 5.39. The molecule has 128 valence electrons. The summed E-state index contributed by atoms with van der Waals surface area (Å²) in [6.07, 6.45) is 8.12. The van der Waals surface area contributed by atoms with Gasteiger partial charge in [-0.3, -0.25) is 9.98 Å². The van der Waals surface area contributed by atoms with E-state index in [0.717, 1.165) is 6.42 Å². The van der Waals surface area contributed by atoms with Gasteiger partial charge in [0.1, 0.15) is 11.1 Å². The molecule has 25 heavy (non-hydrogen) atoms. The van der Waals surface area contributed by atoms with Gasteiger partial charge in [-0.25, -0.2) is 4.79 Å². The molecule has 7 heteroatoms. The van der Waals surface area contributed by atoms with Crippen LogP contribution in [-0.2, 0) is 0 Å². The Kier molecular flexibility index (Phi) is 4.56. The second-order valence-corrected chi connectivity index (χ2v) is 7.10. The summed E-state index contributed by atoms with van der Waals surface area (Å²) in [4.78, 5) is 22.0. The van der Waals surface area contributed by atoms with Gasteiger partial charge in [-0.2, -0.15) is 0 Å². The monoisotopic (exact) mass is 354 g/mol. The Balaban J connectivity index is 1.30. The summed E-state index contributed by atoms with van der Waals surface area (Å²) in [5.41, 5.74) is 1.17. The van der Waals surface area contributed by atoms with Gasteiger partial charge in [-0.15, -0.1) is 0 Å². The van der Waals surface area contributed by atoms with Crippen molar-refractivity contribution in [3.63, 3.8) is 0 Å². The zero-order chi connectivity index (χ0) is 17.1. The molecule has 0 radical (unpaired) electrons. The van der Waals surface area contributed by atoms with Gasteiger partial charge >= 0.3 is 6.09 Å². The minimum atomic E-state index is -0.434. The number of nitrogens with one attached hydrogen (secondary N) is 2. The number of benzene rings is 1. The Morgan fingerprint density at radius 3 is 3.00 bits per heavy atom. The summed E-state index contributed by atoms with van der Waals surface area (Å²) in [5.74, 6) is 0.763. The van der Waals surface area contributed by atoms with Crippen molar-refractivity contribution in [2.24, 2.45) is 15.9 Å². The van der Waals surface area contributed by atoms with Crippen molar-refractivity contribution in [1.29, 1.82) is 0 Å². The first-order chi connectivity index (χ1) is 12.3. The highest BCUT2D eigenvalue weighted by molar-refractivity contribution is 8.04. The molecule has 1 aliphatic carbocycles. The molecule has 0 bridgehead atoms. The fourth-order valence-electron chi connectivity index (χ4n) is 2.90. The third-order valence-electron chi connectivity index (χ3n) is 4.13. The Morgan fingerprint density at radius 2 is 2.12 bits per heavy atom. The first-order valence-electron chi connectivity index (χ1n) is 8.18. The number of amides is 1. The summed E-state index contributed by atoms with van der Waals surface area (Å²) in [7, 11) is 0. The Labute approximate surface area is 150 Å². The molecule has 3 unspecified atom stereocenters. The normalized spacial score (nSPS) is 26.5. The molecule has 2 N–H and O–H groups in total. The number of nitrogens with zero attached hydrogens (tertiary/aromatic N) is 2. The maximum Gasteiger partial charge on any atom is 0.412 e. The lowest BCUT2D eigenvalue weighted by molar-refractivity contribution is 0.199. The molecule has 1 amide bonds. The van der Waals surface area contributed by atoms with Crippen molar-refractivity contribution in [2.75, 3.05) is 6.54 Å². The van der Waals surface area contributed by atoms with Gasteiger partial charge in [0.15, 0.2) is 6.17 Å². The first kappa shape index (κ1) is 16.0. The maximum atomic E-state index is 11.9. The van der Waals surface area contributed by atoms with Crippen LogP contribution in [0.4, 0.5) is 4.79 Å². The molecular formula is C18H18N4O2S. The molecule has 3 aliphatic rings. The van der Waals surface area contributed by atoms with E-state index >= 15 is 0 Å². The van der Waals surface area contributed by atoms with E-state index in [-0.39, 0.29) is 17.5 Å². The highest BCUT2D eigenvalue weighted by atomic mass is 32.2. The zero-order valence-corrected chi connectivity index (χ0v) is 14.3. The lowest BCUT2D eigenvalue weighted by Crippen LogP contribution is -2.42. The number of thioether (sulfide) groups is 1. The van der Waals surface area contributed by atoms with Crippen molar-refractivity contribution >= 4 is 30.3 Å². The van der Waals surface area contributed by atoms with Crippen LogP contribution in [-0.4, -0.2) is 36.6 Å². The molecule has 1 aromatic rings. The summed E-state index contributed by atoms with van der Waals surface area (Å²) >= 11 is 1.73. The minimum absolute atomic E-state index is 0.00287. The Morgan fingerprint density at radius 1 is 1.28 bits per heavy atom. The number of carbonyl (C=O) groups is 1. The van der Waals surface area contributed by atoms with Crippen LogP contribution in [0.15, 0.2) is 63.1 Å². The Bertz CT molecular complexity index is 773. The van der Waals surface area contributed by atoms with Crippen LogP contribution < -0.4 is 15.4 Å². The lowest BCUT2D eigenvalue weighted by Gasteiger charge is -2.34. The highest BCUT2D eigenvalue weighted by Crippen LogP contribution is 2.38. The largest absolute Gasteiger partial charge is 0.412 e. The van der Waals surface area contributed by atoms with Gasteiger partial charge in [0.25, 0.3) is 0 Å². The molecule has 2 aliphatic heterocycles. The predicted octanol–water partition coefficient (Wildman–Crippen LogP) is 2.71. The van der Waals surface area contributed by atoms with E-state index in [2.05, 4.69) is 32.8 Å². The van der Waals surface area contributed by atoms with Crippen LogP contribution in [0.2, 0.25) is 0 Å². The molecule has 0 fully saturated rings. The molecule has 0 saturated heterocycles. The third kappa shape index (κ3) is 3.76. The van der Waals surface area contributed by atoms with Gasteiger partial charge in [0.2, 0.25) is 0 Å². The minimum Gasteiger partial charge on any atom is -0.410 e. The molecule has 6 nitrogen and oxygen atoms in total. The molecule has 0 spiro atoms. The zero-order valence-electron chi connectivity index (χ0n) is 13.5. The van der Waals surface area contributed by atoms with Crippen LogP contribution >= 0.6 is 11.8 Å². The predicted molar refractivity (Wildman–Crippen MR) is 100 cm³/mol. The number of ether oxygens (including phenoxy) is 1. The second-order valence-electron chi connectivity index (χ2n) is 5.94. The maximum absolute atomic E-state index is 11.9. The van der Waals surface area contributed by atoms with E-state index in [1.807, 2.05) is 18.2 Å². The van der Waals surface area contributed by atoms with E-state index in [1.165, 1.54) is 10.6 Å². The highest BCUT2D eigenvalue weighted by Gasteiger charge is 2.31. The molecule has 2 heterocycles.